The minimum Gasteiger partial charge on any atom is -0.359 e. The summed E-state index contributed by atoms with van der Waals surface area (Å²) in [6, 6.07) is 8.24. The third-order valence-electron chi connectivity index (χ3n) is 5.53. The number of hydrogen-bond donors (Lipinski definition) is 5. The van der Waals surface area contributed by atoms with E-state index in [0.717, 1.165) is 60.4 Å². The van der Waals surface area contributed by atoms with Crippen LogP contribution in [0.5, 0.6) is 0 Å². The zero-order valence-electron chi connectivity index (χ0n) is 18.4. The molecule has 2 aromatic rings. The second-order valence-electron chi connectivity index (χ2n) is 7.83. The van der Waals surface area contributed by atoms with Crippen molar-refractivity contribution in [3.63, 3.8) is 0 Å². The lowest BCUT2D eigenvalue weighted by Crippen LogP contribution is -2.33. The van der Waals surface area contributed by atoms with E-state index < -0.39 is 7.35 Å². The Hall–Kier alpha value is -1.86. The Morgan fingerprint density at radius 3 is 2.48 bits per heavy atom. The van der Waals surface area contributed by atoms with E-state index in [1.807, 2.05) is 50.4 Å². The Labute approximate surface area is 191 Å². The third-order valence-corrected chi connectivity index (χ3v) is 6.98. The van der Waals surface area contributed by atoms with Crippen LogP contribution in [0.1, 0.15) is 45.1 Å². The van der Waals surface area contributed by atoms with Crippen molar-refractivity contribution in [1.29, 1.82) is 0 Å². The Morgan fingerprint density at radius 2 is 1.90 bits per heavy atom. The van der Waals surface area contributed by atoms with Crippen LogP contribution in [0.2, 0.25) is 0 Å². The zero-order valence-corrected chi connectivity index (χ0v) is 20.2. The van der Waals surface area contributed by atoms with Crippen molar-refractivity contribution in [2.45, 2.75) is 58.5 Å². The van der Waals surface area contributed by atoms with Gasteiger partial charge in [0.05, 0.1) is 0 Å². The van der Waals surface area contributed by atoms with Gasteiger partial charge in [-0.3, -0.25) is 0 Å². The van der Waals surface area contributed by atoms with Gasteiger partial charge in [-0.2, -0.15) is 9.97 Å². The van der Waals surface area contributed by atoms with Gasteiger partial charge in [-0.05, 0) is 70.7 Å². The van der Waals surface area contributed by atoms with Gasteiger partial charge in [0.25, 0.3) is 0 Å². The second kappa shape index (κ2) is 11.1. The number of benzene rings is 1. The number of anilines is 4. The molecule has 1 aliphatic rings. The summed E-state index contributed by atoms with van der Waals surface area (Å²) in [7, 11) is -1.40. The van der Waals surface area contributed by atoms with Crippen LogP contribution in [0.25, 0.3) is 0 Å². The summed E-state index contributed by atoms with van der Waals surface area (Å²) in [5, 5.41) is 7.77. The van der Waals surface area contributed by atoms with Crippen LogP contribution >= 0.6 is 19.6 Å². The van der Waals surface area contributed by atoms with Crippen LogP contribution in [0.4, 0.5) is 23.3 Å². The first-order valence-corrected chi connectivity index (χ1v) is 13.2. The fourth-order valence-corrected chi connectivity index (χ4v) is 4.55. The summed E-state index contributed by atoms with van der Waals surface area (Å²) in [5.74, 6) is 2.25. The molecule has 1 aromatic heterocycles. The molecule has 0 saturated heterocycles. The lowest BCUT2D eigenvalue weighted by atomic mass is 9.92. The fraction of sp³-hybridized carbons (Fsp3) is 0.455. The predicted molar refractivity (Wildman–Crippen MR) is 136 cm³/mol. The molecule has 1 heterocycles. The highest BCUT2D eigenvalue weighted by molar-refractivity contribution is 8.45. The maximum absolute atomic E-state index is 9.69. The van der Waals surface area contributed by atoms with Gasteiger partial charge in [0, 0.05) is 41.4 Å². The molecule has 1 aliphatic carbocycles. The minimum atomic E-state index is -1.40. The Morgan fingerprint density at radius 1 is 1.23 bits per heavy atom. The highest BCUT2D eigenvalue weighted by Crippen LogP contribution is 2.34. The number of nitrogens with two attached hydrogens (primary N) is 1. The summed E-state index contributed by atoms with van der Waals surface area (Å²) in [5.41, 5.74) is 7.93. The van der Waals surface area contributed by atoms with Crippen LogP contribution in [0.3, 0.4) is 0 Å². The van der Waals surface area contributed by atoms with Gasteiger partial charge in [0.15, 0.2) is 0 Å². The molecule has 1 saturated carbocycles. The second-order valence-corrected chi connectivity index (χ2v) is 10.1. The van der Waals surface area contributed by atoms with E-state index >= 15 is 0 Å². The molecule has 31 heavy (non-hydrogen) atoms. The van der Waals surface area contributed by atoms with Gasteiger partial charge in [-0.15, -0.1) is 12.2 Å². The normalized spacial score (nSPS) is 19.9. The van der Waals surface area contributed by atoms with Crippen molar-refractivity contribution in [3.05, 3.63) is 42.1 Å². The molecular weight excluding hydrogens is 427 g/mol. The number of hydrogen-bond acceptors (Lipinski definition) is 8. The average Bonchev–Trinajstić information content (AvgIpc) is 2.76. The summed E-state index contributed by atoms with van der Waals surface area (Å²) in [4.78, 5) is 21.5. The van der Waals surface area contributed by atoms with Crippen LogP contribution in [0, 0.1) is 6.92 Å². The molecule has 5 N–H and O–H groups in total. The lowest BCUT2D eigenvalue weighted by molar-refractivity contribution is 0.410. The highest BCUT2D eigenvalue weighted by Gasteiger charge is 2.21. The fourth-order valence-electron chi connectivity index (χ4n) is 3.74. The van der Waals surface area contributed by atoms with E-state index in [-0.39, 0.29) is 0 Å². The van der Waals surface area contributed by atoms with Crippen LogP contribution in [-0.2, 0) is 0 Å². The summed E-state index contributed by atoms with van der Waals surface area (Å²) < 4.78 is 0. The molecule has 7 nitrogen and oxygen atoms in total. The predicted octanol–water partition coefficient (Wildman–Crippen LogP) is 4.43. The minimum absolute atomic E-state index is 0.301. The number of thiol groups is 1. The first-order valence-electron chi connectivity index (χ1n) is 10.8. The van der Waals surface area contributed by atoms with E-state index in [9.17, 15) is 4.89 Å². The molecule has 0 spiro atoms. The monoisotopic (exact) mass is 460 g/mol. The van der Waals surface area contributed by atoms with Crippen molar-refractivity contribution >= 4 is 48.2 Å². The van der Waals surface area contributed by atoms with E-state index in [0.29, 0.717) is 18.0 Å². The third kappa shape index (κ3) is 6.32. The van der Waals surface area contributed by atoms with Gasteiger partial charge in [0.1, 0.15) is 19.0 Å². The molecule has 1 atom stereocenters. The SMILES string of the molecule is C/C=C/N(CC)c1nc(NC2CCC(N)CC2)nc(Nc2ccc(P(O)S)cc2)c1C. The topological polar surface area (TPSA) is 99.3 Å². The van der Waals surface area contributed by atoms with Crippen LogP contribution in [0.15, 0.2) is 36.5 Å². The molecule has 0 bridgehead atoms. The van der Waals surface area contributed by atoms with Gasteiger partial charge < -0.3 is 26.2 Å². The van der Waals surface area contributed by atoms with Crippen molar-refractivity contribution in [2.24, 2.45) is 5.73 Å². The van der Waals surface area contributed by atoms with Crippen molar-refractivity contribution in [3.8, 4) is 0 Å². The van der Waals surface area contributed by atoms with E-state index in [1.165, 1.54) is 0 Å². The molecule has 3 rings (SSSR count). The standard InChI is InChI=1S/C22H33N6OPS/c1-4-14-28(5-2)21-15(3)20(24-17-10-12-19(13-11-17)30(29)31)26-22(27-21)25-18-8-6-16(23)7-9-18/h4,10-14,16,18,29,31H,5-9,23H2,1-3H3,(H2,24,25,26,27)/b14-4+. The number of aromatic nitrogens is 2. The molecule has 0 amide bonds. The van der Waals surface area contributed by atoms with Gasteiger partial charge in [-0.1, -0.05) is 6.08 Å². The molecule has 0 aliphatic heterocycles. The van der Waals surface area contributed by atoms with Crippen molar-refractivity contribution < 1.29 is 4.89 Å². The number of nitrogens with one attached hydrogen (secondary N) is 2. The number of rotatable bonds is 8. The Kier molecular flexibility index (Phi) is 8.55. The Balaban J connectivity index is 1.91. The van der Waals surface area contributed by atoms with E-state index in [1.54, 1.807) is 0 Å². The van der Waals surface area contributed by atoms with E-state index in [4.69, 9.17) is 15.7 Å². The Bertz CT molecular complexity index is 884. The maximum Gasteiger partial charge on any atom is 0.226 e. The molecule has 168 valence electrons. The number of allylic oxidation sites excluding steroid dienone is 1. The summed E-state index contributed by atoms with van der Waals surface area (Å²) in [6.45, 7) is 6.94. The zero-order chi connectivity index (χ0) is 22.4. The maximum atomic E-state index is 9.69. The van der Waals surface area contributed by atoms with Crippen LogP contribution in [-0.4, -0.2) is 33.5 Å². The first kappa shape index (κ1) is 23.8. The number of nitrogens with zero attached hydrogens (tertiary/aromatic N) is 3. The smallest absolute Gasteiger partial charge is 0.226 e. The molecule has 9 heteroatoms. The van der Waals surface area contributed by atoms with E-state index in [2.05, 4.69) is 34.7 Å². The lowest BCUT2D eigenvalue weighted by Gasteiger charge is -2.28. The van der Waals surface area contributed by atoms with Gasteiger partial charge in [-0.25, -0.2) is 0 Å². The molecule has 1 aromatic carbocycles. The van der Waals surface area contributed by atoms with Crippen molar-refractivity contribution in [1.82, 2.24) is 9.97 Å². The summed E-state index contributed by atoms with van der Waals surface area (Å²) in [6.07, 6.45) is 8.14. The first-order chi connectivity index (χ1) is 14.9. The largest absolute Gasteiger partial charge is 0.359 e. The van der Waals surface area contributed by atoms with Crippen LogP contribution < -0.4 is 26.6 Å². The van der Waals surface area contributed by atoms with Gasteiger partial charge in [0.2, 0.25) is 5.95 Å². The average molecular weight is 461 g/mol. The van der Waals surface area contributed by atoms with Crippen molar-refractivity contribution in [2.75, 3.05) is 22.1 Å². The molecule has 1 fully saturated rings. The molecule has 0 radical (unpaired) electrons. The molecule has 1 unspecified atom stereocenters. The van der Waals surface area contributed by atoms with Gasteiger partial charge >= 0.3 is 0 Å². The summed E-state index contributed by atoms with van der Waals surface area (Å²) >= 11 is 4.14. The molecular formula is C22H33N6OPS. The quantitative estimate of drug-likeness (QED) is 0.294. The highest BCUT2D eigenvalue weighted by atomic mass is 32.7.